The van der Waals surface area contributed by atoms with E-state index >= 15 is 0 Å². The van der Waals surface area contributed by atoms with Gasteiger partial charge in [-0.1, -0.05) is 36.8 Å². The Labute approximate surface area is 143 Å². The maximum Gasteiger partial charge on any atom is 0.255 e. The first-order valence-electron chi connectivity index (χ1n) is 8.73. The van der Waals surface area contributed by atoms with E-state index < -0.39 is 0 Å². The molecule has 1 amide bonds. The first-order chi connectivity index (χ1) is 11.7. The predicted molar refractivity (Wildman–Crippen MR) is 97.0 cm³/mol. The van der Waals surface area contributed by atoms with Crippen LogP contribution in [-0.4, -0.2) is 41.5 Å². The third-order valence-corrected chi connectivity index (χ3v) is 4.57. The standard InChI is InChI=1S/C20H25N3O/c1-3-10-23(19-8-9-21-14-19)20(24)18-11-17(12-22-13-18)16-6-4-15(2)5-7-16/h4-7,11-13,19,21H,3,8-10,14H2,1-2H3. The molecule has 4 nitrogen and oxygen atoms in total. The summed E-state index contributed by atoms with van der Waals surface area (Å²) in [6.07, 6.45) is 5.50. The van der Waals surface area contributed by atoms with E-state index in [0.717, 1.165) is 43.6 Å². The van der Waals surface area contributed by atoms with Gasteiger partial charge in [-0.05, 0) is 37.9 Å². The summed E-state index contributed by atoms with van der Waals surface area (Å²) in [5.41, 5.74) is 3.98. The van der Waals surface area contributed by atoms with Crippen molar-refractivity contribution < 1.29 is 4.79 Å². The van der Waals surface area contributed by atoms with Crippen LogP contribution in [0.3, 0.4) is 0 Å². The van der Waals surface area contributed by atoms with E-state index in [1.54, 1.807) is 6.20 Å². The molecule has 1 fully saturated rings. The Kier molecular flexibility index (Phi) is 5.26. The number of hydrogen-bond donors (Lipinski definition) is 1. The Morgan fingerprint density at radius 1 is 1.25 bits per heavy atom. The molecule has 1 saturated heterocycles. The van der Waals surface area contributed by atoms with Crippen molar-refractivity contribution in [2.75, 3.05) is 19.6 Å². The third kappa shape index (κ3) is 3.65. The molecule has 1 aliphatic rings. The number of benzene rings is 1. The predicted octanol–water partition coefficient (Wildman–Crippen LogP) is 3.27. The quantitative estimate of drug-likeness (QED) is 0.918. The molecule has 2 heterocycles. The molecule has 0 bridgehead atoms. The summed E-state index contributed by atoms with van der Waals surface area (Å²) in [6, 6.07) is 10.6. The summed E-state index contributed by atoms with van der Waals surface area (Å²) in [5.74, 6) is 0.0898. The molecule has 1 atom stereocenters. The van der Waals surface area contributed by atoms with Gasteiger partial charge in [-0.3, -0.25) is 9.78 Å². The average molecular weight is 323 g/mol. The highest BCUT2D eigenvalue weighted by atomic mass is 16.2. The summed E-state index contributed by atoms with van der Waals surface area (Å²) in [4.78, 5) is 19.3. The van der Waals surface area contributed by atoms with Crippen LogP contribution >= 0.6 is 0 Å². The number of nitrogens with one attached hydrogen (secondary N) is 1. The van der Waals surface area contributed by atoms with Crippen LogP contribution in [0, 0.1) is 6.92 Å². The average Bonchev–Trinajstić information content (AvgIpc) is 3.14. The van der Waals surface area contributed by atoms with E-state index in [9.17, 15) is 4.79 Å². The van der Waals surface area contributed by atoms with Crippen molar-refractivity contribution in [1.29, 1.82) is 0 Å². The summed E-state index contributed by atoms with van der Waals surface area (Å²) < 4.78 is 0. The largest absolute Gasteiger partial charge is 0.334 e. The molecule has 3 rings (SSSR count). The van der Waals surface area contributed by atoms with Gasteiger partial charge < -0.3 is 10.2 Å². The van der Waals surface area contributed by atoms with Crippen molar-refractivity contribution in [2.45, 2.75) is 32.7 Å². The maximum absolute atomic E-state index is 13.0. The second-order valence-electron chi connectivity index (χ2n) is 6.47. The van der Waals surface area contributed by atoms with Gasteiger partial charge in [0, 0.05) is 37.1 Å². The minimum absolute atomic E-state index is 0.0898. The summed E-state index contributed by atoms with van der Waals surface area (Å²) in [6.45, 7) is 6.85. The van der Waals surface area contributed by atoms with E-state index in [2.05, 4.69) is 48.4 Å². The zero-order valence-electron chi connectivity index (χ0n) is 14.5. The Morgan fingerprint density at radius 3 is 2.71 bits per heavy atom. The van der Waals surface area contributed by atoms with Crippen LogP contribution in [-0.2, 0) is 0 Å². The van der Waals surface area contributed by atoms with Crippen LogP contribution in [0.15, 0.2) is 42.7 Å². The van der Waals surface area contributed by atoms with Crippen LogP contribution in [0.2, 0.25) is 0 Å². The van der Waals surface area contributed by atoms with Crippen LogP contribution < -0.4 is 5.32 Å². The number of nitrogens with zero attached hydrogens (tertiary/aromatic N) is 2. The molecule has 1 aliphatic heterocycles. The van der Waals surface area contributed by atoms with Crippen molar-refractivity contribution in [3.63, 3.8) is 0 Å². The van der Waals surface area contributed by atoms with Gasteiger partial charge in [0.25, 0.3) is 5.91 Å². The van der Waals surface area contributed by atoms with Crippen LogP contribution in [0.4, 0.5) is 0 Å². The van der Waals surface area contributed by atoms with Gasteiger partial charge >= 0.3 is 0 Å². The zero-order valence-corrected chi connectivity index (χ0v) is 14.5. The number of carbonyl (C=O) groups is 1. The molecule has 0 spiro atoms. The van der Waals surface area contributed by atoms with Gasteiger partial charge in [0.1, 0.15) is 0 Å². The van der Waals surface area contributed by atoms with Gasteiger partial charge in [-0.2, -0.15) is 0 Å². The SMILES string of the molecule is CCCN(C(=O)c1cncc(-c2ccc(C)cc2)c1)C1CCNC1. The smallest absolute Gasteiger partial charge is 0.255 e. The molecule has 0 radical (unpaired) electrons. The first-order valence-corrected chi connectivity index (χ1v) is 8.73. The van der Waals surface area contributed by atoms with Crippen molar-refractivity contribution in [1.82, 2.24) is 15.2 Å². The monoisotopic (exact) mass is 323 g/mol. The van der Waals surface area contributed by atoms with E-state index in [1.165, 1.54) is 5.56 Å². The second-order valence-corrected chi connectivity index (χ2v) is 6.47. The minimum atomic E-state index is 0.0898. The van der Waals surface area contributed by atoms with Crippen LogP contribution in [0.1, 0.15) is 35.7 Å². The Balaban J connectivity index is 1.86. The lowest BCUT2D eigenvalue weighted by atomic mass is 10.0. The molecule has 126 valence electrons. The maximum atomic E-state index is 13.0. The lowest BCUT2D eigenvalue weighted by Crippen LogP contribution is -2.42. The highest BCUT2D eigenvalue weighted by molar-refractivity contribution is 5.95. The minimum Gasteiger partial charge on any atom is -0.334 e. The molecule has 0 aliphatic carbocycles. The number of aromatic nitrogens is 1. The van der Waals surface area contributed by atoms with Gasteiger partial charge in [-0.25, -0.2) is 0 Å². The third-order valence-electron chi connectivity index (χ3n) is 4.57. The fourth-order valence-corrected chi connectivity index (χ4v) is 3.22. The summed E-state index contributed by atoms with van der Waals surface area (Å²) >= 11 is 0. The van der Waals surface area contributed by atoms with Gasteiger partial charge in [0.2, 0.25) is 0 Å². The Hall–Kier alpha value is -2.20. The topological polar surface area (TPSA) is 45.2 Å². The van der Waals surface area contributed by atoms with E-state index in [0.29, 0.717) is 11.6 Å². The lowest BCUT2D eigenvalue weighted by Gasteiger charge is -2.28. The van der Waals surface area contributed by atoms with E-state index in [4.69, 9.17) is 0 Å². The van der Waals surface area contributed by atoms with Gasteiger partial charge in [-0.15, -0.1) is 0 Å². The normalized spacial score (nSPS) is 17.0. The summed E-state index contributed by atoms with van der Waals surface area (Å²) in [5, 5.41) is 3.35. The van der Waals surface area contributed by atoms with Crippen molar-refractivity contribution in [2.24, 2.45) is 0 Å². The summed E-state index contributed by atoms with van der Waals surface area (Å²) in [7, 11) is 0. The molecule has 0 saturated carbocycles. The number of pyridine rings is 1. The van der Waals surface area contributed by atoms with Gasteiger partial charge in [0.15, 0.2) is 0 Å². The highest BCUT2D eigenvalue weighted by Gasteiger charge is 2.26. The number of hydrogen-bond acceptors (Lipinski definition) is 3. The van der Waals surface area contributed by atoms with Crippen molar-refractivity contribution >= 4 is 5.91 Å². The molecule has 1 aromatic carbocycles. The molecule has 2 aromatic rings. The zero-order chi connectivity index (χ0) is 16.9. The molecule has 1 unspecified atom stereocenters. The number of aryl methyl sites for hydroxylation is 1. The fraction of sp³-hybridized carbons (Fsp3) is 0.400. The highest BCUT2D eigenvalue weighted by Crippen LogP contribution is 2.21. The van der Waals surface area contributed by atoms with E-state index in [-0.39, 0.29) is 5.91 Å². The molecular formula is C20H25N3O. The van der Waals surface area contributed by atoms with E-state index in [1.807, 2.05) is 17.2 Å². The number of carbonyl (C=O) groups excluding carboxylic acids is 1. The van der Waals surface area contributed by atoms with Crippen LogP contribution in [0.5, 0.6) is 0 Å². The van der Waals surface area contributed by atoms with Crippen molar-refractivity contribution in [3.8, 4) is 11.1 Å². The van der Waals surface area contributed by atoms with Gasteiger partial charge in [0.05, 0.1) is 5.56 Å². The number of amides is 1. The van der Waals surface area contributed by atoms with Crippen LogP contribution in [0.25, 0.3) is 11.1 Å². The lowest BCUT2D eigenvalue weighted by molar-refractivity contribution is 0.0692. The molecule has 1 aromatic heterocycles. The molecule has 24 heavy (non-hydrogen) atoms. The first kappa shape index (κ1) is 16.7. The van der Waals surface area contributed by atoms with Crippen molar-refractivity contribution in [3.05, 3.63) is 53.9 Å². The Morgan fingerprint density at radius 2 is 2.04 bits per heavy atom. The number of rotatable bonds is 5. The molecule has 4 heteroatoms. The second kappa shape index (κ2) is 7.58. The molecule has 1 N–H and O–H groups in total. The fourth-order valence-electron chi connectivity index (χ4n) is 3.22. The molecular weight excluding hydrogens is 298 g/mol. The Bertz CT molecular complexity index is 690.